The molecule has 2 aromatic carbocycles. The molecule has 0 saturated heterocycles. The van der Waals surface area contributed by atoms with Gasteiger partial charge in [-0.25, -0.2) is 4.21 Å². The van der Waals surface area contributed by atoms with E-state index in [0.29, 0.717) is 13.0 Å². The number of carboxylic acids is 1. The smallest absolute Gasteiger partial charge is 0.305 e. The zero-order chi connectivity index (χ0) is 17.1. The van der Waals surface area contributed by atoms with Gasteiger partial charge in [-0.1, -0.05) is 18.2 Å². The molecule has 2 unspecified atom stereocenters. The number of ether oxygens (including phenoxy) is 1. The van der Waals surface area contributed by atoms with Crippen molar-refractivity contribution in [3.8, 4) is 5.75 Å². The summed E-state index contributed by atoms with van der Waals surface area (Å²) in [6.07, 6.45) is 0.495. The third kappa shape index (κ3) is 3.28. The standard InChI is InChI=1S/C18H19NO4S/c1-2-23-16-9-7-14(8-10-16)19-15(12-18(20)21)11-13-5-3-4-6-17(13)24(19)22/h3-10,15H,2,11-12H2,1H3,(H,20,21). The summed E-state index contributed by atoms with van der Waals surface area (Å²) in [5.74, 6) is -0.161. The first-order valence-electron chi connectivity index (χ1n) is 7.84. The predicted octanol–water partition coefficient (Wildman–Crippen LogP) is 3.01. The maximum atomic E-state index is 13.0. The van der Waals surface area contributed by atoms with Crippen molar-refractivity contribution in [3.63, 3.8) is 0 Å². The Labute approximate surface area is 143 Å². The van der Waals surface area contributed by atoms with Gasteiger partial charge in [0.1, 0.15) is 5.75 Å². The van der Waals surface area contributed by atoms with Gasteiger partial charge in [0, 0.05) is 0 Å². The van der Waals surface area contributed by atoms with Crippen LogP contribution in [0.15, 0.2) is 53.4 Å². The van der Waals surface area contributed by atoms with Gasteiger partial charge in [-0.15, -0.1) is 0 Å². The molecule has 0 saturated carbocycles. The molecule has 0 spiro atoms. The van der Waals surface area contributed by atoms with Crippen molar-refractivity contribution in [2.24, 2.45) is 0 Å². The molecule has 0 aromatic heterocycles. The van der Waals surface area contributed by atoms with Crippen LogP contribution in [0.5, 0.6) is 5.75 Å². The summed E-state index contributed by atoms with van der Waals surface area (Å²) in [6.45, 7) is 2.48. The summed E-state index contributed by atoms with van der Waals surface area (Å²) in [5.41, 5.74) is 1.68. The second-order valence-corrected chi connectivity index (χ2v) is 6.90. The van der Waals surface area contributed by atoms with E-state index in [9.17, 15) is 14.1 Å². The van der Waals surface area contributed by atoms with Crippen LogP contribution < -0.4 is 9.04 Å². The molecule has 0 fully saturated rings. The molecule has 6 heteroatoms. The third-order valence-electron chi connectivity index (χ3n) is 3.94. The van der Waals surface area contributed by atoms with Crippen LogP contribution in [0, 0.1) is 0 Å². The van der Waals surface area contributed by atoms with E-state index in [1.807, 2.05) is 55.5 Å². The minimum absolute atomic E-state index is 0.0622. The summed E-state index contributed by atoms with van der Waals surface area (Å²) in [6, 6.07) is 14.4. The van der Waals surface area contributed by atoms with Gasteiger partial charge in [-0.2, -0.15) is 0 Å². The molecule has 0 bridgehead atoms. The average molecular weight is 345 g/mol. The highest BCUT2D eigenvalue weighted by Gasteiger charge is 2.33. The highest BCUT2D eigenvalue weighted by atomic mass is 32.2. The lowest BCUT2D eigenvalue weighted by molar-refractivity contribution is -0.137. The van der Waals surface area contributed by atoms with E-state index in [4.69, 9.17) is 4.74 Å². The number of aliphatic carboxylic acids is 1. The van der Waals surface area contributed by atoms with Crippen molar-refractivity contribution in [3.05, 3.63) is 54.1 Å². The number of fused-ring (bicyclic) bond motifs is 1. The lowest BCUT2D eigenvalue weighted by Gasteiger charge is -2.36. The van der Waals surface area contributed by atoms with Gasteiger partial charge in [-0.05, 0) is 49.2 Å². The van der Waals surface area contributed by atoms with Crippen molar-refractivity contribution < 1.29 is 18.8 Å². The molecule has 2 atom stereocenters. The number of carboxylic acid groups (broad SMARTS) is 1. The molecule has 5 nitrogen and oxygen atoms in total. The van der Waals surface area contributed by atoms with Gasteiger partial charge in [0.25, 0.3) is 0 Å². The molecule has 3 rings (SSSR count). The fourth-order valence-corrected chi connectivity index (χ4v) is 4.46. The summed E-state index contributed by atoms with van der Waals surface area (Å²) in [4.78, 5) is 12.0. The summed E-state index contributed by atoms with van der Waals surface area (Å²) in [5, 5.41) is 9.23. The zero-order valence-electron chi connectivity index (χ0n) is 13.3. The summed E-state index contributed by atoms with van der Waals surface area (Å²) >= 11 is 0. The maximum Gasteiger partial charge on any atom is 0.305 e. The first-order valence-corrected chi connectivity index (χ1v) is 8.94. The Morgan fingerprint density at radius 2 is 1.96 bits per heavy atom. The number of nitrogens with zero attached hydrogens (tertiary/aromatic N) is 1. The topological polar surface area (TPSA) is 66.8 Å². The van der Waals surface area contributed by atoms with E-state index in [2.05, 4.69) is 0 Å². The van der Waals surface area contributed by atoms with E-state index >= 15 is 0 Å². The largest absolute Gasteiger partial charge is 0.494 e. The van der Waals surface area contributed by atoms with E-state index in [0.717, 1.165) is 21.9 Å². The number of rotatable bonds is 5. The van der Waals surface area contributed by atoms with Gasteiger partial charge in [-0.3, -0.25) is 9.10 Å². The number of carbonyl (C=O) groups is 1. The Morgan fingerprint density at radius 3 is 2.62 bits per heavy atom. The van der Waals surface area contributed by atoms with Crippen LogP contribution in [0.25, 0.3) is 0 Å². The van der Waals surface area contributed by atoms with E-state index in [1.54, 1.807) is 4.31 Å². The number of hydrogen-bond donors (Lipinski definition) is 1. The van der Waals surface area contributed by atoms with Gasteiger partial charge in [0.05, 0.1) is 29.7 Å². The highest BCUT2D eigenvalue weighted by molar-refractivity contribution is 7.86. The van der Waals surface area contributed by atoms with Gasteiger partial charge in [0.15, 0.2) is 11.0 Å². The van der Waals surface area contributed by atoms with Crippen molar-refractivity contribution in [2.75, 3.05) is 10.9 Å². The predicted molar refractivity (Wildman–Crippen MR) is 92.7 cm³/mol. The van der Waals surface area contributed by atoms with E-state index in [1.165, 1.54) is 0 Å². The Bertz CT molecular complexity index is 760. The van der Waals surface area contributed by atoms with Crippen molar-refractivity contribution in [1.82, 2.24) is 0 Å². The SMILES string of the molecule is CCOc1ccc(N2C(CC(=O)O)Cc3ccccc3S2=O)cc1. The lowest BCUT2D eigenvalue weighted by Crippen LogP contribution is -2.43. The second-order valence-electron chi connectivity index (χ2n) is 5.57. The molecule has 0 amide bonds. The van der Waals surface area contributed by atoms with Crippen LogP contribution in [-0.2, 0) is 22.2 Å². The molecule has 0 radical (unpaired) electrons. The second kappa shape index (κ2) is 7.05. The Morgan fingerprint density at radius 1 is 1.25 bits per heavy atom. The molecule has 0 aliphatic carbocycles. The van der Waals surface area contributed by atoms with Crippen LogP contribution in [0.4, 0.5) is 5.69 Å². The molecule has 1 N–H and O–H groups in total. The average Bonchev–Trinajstić information content (AvgIpc) is 2.56. The normalized spacial score (nSPS) is 19.6. The molecule has 126 valence electrons. The van der Waals surface area contributed by atoms with Gasteiger partial charge < -0.3 is 9.84 Å². The van der Waals surface area contributed by atoms with Crippen molar-refractivity contribution in [1.29, 1.82) is 0 Å². The third-order valence-corrected chi connectivity index (χ3v) is 5.58. The minimum atomic E-state index is -1.43. The summed E-state index contributed by atoms with van der Waals surface area (Å²) < 4.78 is 20.2. The fourth-order valence-electron chi connectivity index (χ4n) is 2.94. The van der Waals surface area contributed by atoms with Crippen LogP contribution in [0.3, 0.4) is 0 Å². The minimum Gasteiger partial charge on any atom is -0.494 e. The first-order chi connectivity index (χ1) is 11.6. The summed E-state index contributed by atoms with van der Waals surface area (Å²) in [7, 11) is -1.43. The quantitative estimate of drug-likeness (QED) is 0.904. The van der Waals surface area contributed by atoms with Crippen molar-refractivity contribution >= 4 is 22.6 Å². The zero-order valence-corrected chi connectivity index (χ0v) is 14.2. The lowest BCUT2D eigenvalue weighted by atomic mass is 10.0. The van der Waals surface area contributed by atoms with Crippen LogP contribution in [0.2, 0.25) is 0 Å². The van der Waals surface area contributed by atoms with Gasteiger partial charge >= 0.3 is 5.97 Å². The van der Waals surface area contributed by atoms with Crippen LogP contribution in [0.1, 0.15) is 18.9 Å². The highest BCUT2D eigenvalue weighted by Crippen LogP contribution is 2.33. The van der Waals surface area contributed by atoms with Gasteiger partial charge in [0.2, 0.25) is 0 Å². The van der Waals surface area contributed by atoms with E-state index < -0.39 is 17.0 Å². The number of anilines is 1. The molecule has 2 aromatic rings. The molecule has 1 heterocycles. The van der Waals surface area contributed by atoms with Crippen LogP contribution >= 0.6 is 0 Å². The maximum absolute atomic E-state index is 13.0. The van der Waals surface area contributed by atoms with E-state index in [-0.39, 0.29) is 12.5 Å². The molecular formula is C18H19NO4S. The van der Waals surface area contributed by atoms with Crippen LogP contribution in [-0.4, -0.2) is 27.9 Å². The Hall–Kier alpha value is -2.34. The molecule has 1 aliphatic heterocycles. The number of benzene rings is 2. The Balaban J connectivity index is 1.98. The molecule has 24 heavy (non-hydrogen) atoms. The molecular weight excluding hydrogens is 326 g/mol. The number of hydrogen-bond acceptors (Lipinski definition) is 3. The monoisotopic (exact) mass is 345 g/mol. The fraction of sp³-hybridized carbons (Fsp3) is 0.278. The van der Waals surface area contributed by atoms with Crippen molar-refractivity contribution in [2.45, 2.75) is 30.7 Å². The molecule has 1 aliphatic rings. The Kier molecular flexibility index (Phi) is 4.85. The first kappa shape index (κ1) is 16.5.